The molecule has 0 heterocycles. The van der Waals surface area contributed by atoms with Crippen molar-refractivity contribution in [2.75, 3.05) is 11.9 Å². The second kappa shape index (κ2) is 5.16. The molecule has 0 atom stereocenters. The van der Waals surface area contributed by atoms with Crippen LogP contribution < -0.4 is 4.90 Å². The Bertz CT molecular complexity index is 429. The summed E-state index contributed by atoms with van der Waals surface area (Å²) in [5, 5.41) is 0. The Hall–Kier alpha value is -1.29. The van der Waals surface area contributed by atoms with Gasteiger partial charge in [0.25, 0.3) is 0 Å². The Kier molecular flexibility index (Phi) is 4.12. The van der Waals surface area contributed by atoms with E-state index in [1.807, 2.05) is 32.0 Å². The predicted octanol–water partition coefficient (Wildman–Crippen LogP) is 2.56. The molecule has 0 saturated heterocycles. The monoisotopic (exact) mass is 237 g/mol. The minimum atomic E-state index is 0.105. The Morgan fingerprint density at radius 2 is 2.19 bits per heavy atom. The first-order chi connectivity index (χ1) is 7.47. The van der Waals surface area contributed by atoms with Crippen LogP contribution in [0.2, 0.25) is 0 Å². The summed E-state index contributed by atoms with van der Waals surface area (Å²) >= 11 is 4.12. The van der Waals surface area contributed by atoms with E-state index in [1.165, 1.54) is 3.98 Å². The van der Waals surface area contributed by atoms with Gasteiger partial charge in [-0.15, -0.1) is 3.98 Å². The molecule has 86 valence electrons. The Morgan fingerprint density at radius 1 is 1.56 bits per heavy atom. The van der Waals surface area contributed by atoms with Gasteiger partial charge in [0.2, 0.25) is 11.6 Å². The lowest BCUT2D eigenvalue weighted by Gasteiger charge is -2.18. The molecular weight excluding hydrogens is 220 g/mol. The maximum Gasteiger partial charge on any atom is 0.226 e. The van der Waals surface area contributed by atoms with Crippen molar-refractivity contribution in [2.45, 2.75) is 20.3 Å². The molecule has 0 aromatic heterocycles. The van der Waals surface area contributed by atoms with Gasteiger partial charge >= 0.3 is 0 Å². The third kappa shape index (κ3) is 2.64. The van der Waals surface area contributed by atoms with Gasteiger partial charge < -0.3 is 4.90 Å². The maximum atomic E-state index is 11.6. The average molecular weight is 237 g/mol. The number of benzene rings is 1. The quantitative estimate of drug-likeness (QED) is 0.487. The lowest BCUT2D eigenvalue weighted by atomic mass is 10.1. The molecule has 3 nitrogen and oxygen atoms in total. The standard InChI is InChI=1S/C12H17N2OS/c1-5-12(15)13(3)11-7-6-10(14(4)16)8-9(11)2/h6-8,16H,4-5H2,1-3H3/q+1. The second-order valence-corrected chi connectivity index (χ2v) is 4.16. The predicted molar refractivity (Wildman–Crippen MR) is 70.9 cm³/mol. The molecule has 0 unspecified atom stereocenters. The maximum absolute atomic E-state index is 11.6. The Labute approximate surface area is 102 Å². The fourth-order valence-corrected chi connectivity index (χ4v) is 1.67. The highest BCUT2D eigenvalue weighted by molar-refractivity contribution is 7.73. The van der Waals surface area contributed by atoms with Crippen LogP contribution in [0.4, 0.5) is 11.4 Å². The van der Waals surface area contributed by atoms with Crippen LogP contribution in [0.15, 0.2) is 18.2 Å². The number of carbonyl (C=O) groups is 1. The van der Waals surface area contributed by atoms with Crippen molar-refractivity contribution in [3.8, 4) is 0 Å². The first-order valence-electron chi connectivity index (χ1n) is 5.14. The van der Waals surface area contributed by atoms with Gasteiger partial charge in [-0.25, -0.2) is 0 Å². The molecule has 1 aromatic rings. The Balaban J connectivity index is 3.08. The van der Waals surface area contributed by atoms with Crippen molar-refractivity contribution in [3.05, 3.63) is 23.8 Å². The van der Waals surface area contributed by atoms with E-state index in [2.05, 4.69) is 19.5 Å². The molecule has 0 fully saturated rings. The van der Waals surface area contributed by atoms with E-state index in [4.69, 9.17) is 0 Å². The van der Waals surface area contributed by atoms with Gasteiger partial charge in [0.05, 0.1) is 0 Å². The normalized spacial score (nSPS) is 10.0. The minimum absolute atomic E-state index is 0.105. The van der Waals surface area contributed by atoms with Gasteiger partial charge in [0, 0.05) is 31.3 Å². The highest BCUT2D eigenvalue weighted by atomic mass is 32.1. The molecule has 0 radical (unpaired) electrons. The zero-order valence-corrected chi connectivity index (χ0v) is 10.8. The molecule has 1 amide bonds. The van der Waals surface area contributed by atoms with Crippen molar-refractivity contribution >= 4 is 36.8 Å². The number of aryl methyl sites for hydroxylation is 1. The SMILES string of the molecule is C=[N+](S)c1ccc(N(C)C(=O)CC)c(C)c1. The van der Waals surface area contributed by atoms with E-state index in [-0.39, 0.29) is 5.91 Å². The molecule has 16 heavy (non-hydrogen) atoms. The molecule has 0 saturated carbocycles. The van der Waals surface area contributed by atoms with Crippen molar-refractivity contribution < 1.29 is 8.78 Å². The van der Waals surface area contributed by atoms with Gasteiger partial charge in [0.15, 0.2) is 0 Å². The molecule has 0 spiro atoms. The fourth-order valence-electron chi connectivity index (χ4n) is 1.55. The number of thiol groups is 1. The second-order valence-electron chi connectivity index (χ2n) is 3.68. The molecule has 0 aliphatic heterocycles. The van der Waals surface area contributed by atoms with Crippen LogP contribution in [-0.4, -0.2) is 23.7 Å². The number of nitrogens with zero attached hydrogens (tertiary/aromatic N) is 2. The molecule has 0 aliphatic rings. The highest BCUT2D eigenvalue weighted by Crippen LogP contribution is 2.24. The summed E-state index contributed by atoms with van der Waals surface area (Å²) in [5.41, 5.74) is 2.86. The lowest BCUT2D eigenvalue weighted by Crippen LogP contribution is -2.25. The number of anilines is 1. The molecule has 4 heteroatoms. The summed E-state index contributed by atoms with van der Waals surface area (Å²) in [6.07, 6.45) is 0.506. The summed E-state index contributed by atoms with van der Waals surface area (Å²) in [7, 11) is 1.79. The smallest absolute Gasteiger partial charge is 0.226 e. The van der Waals surface area contributed by atoms with Crippen molar-refractivity contribution in [3.63, 3.8) is 0 Å². The van der Waals surface area contributed by atoms with Crippen LogP contribution in [0.25, 0.3) is 0 Å². The van der Waals surface area contributed by atoms with Crippen molar-refractivity contribution in [2.24, 2.45) is 0 Å². The molecule has 1 aromatic carbocycles. The van der Waals surface area contributed by atoms with Gasteiger partial charge in [-0.05, 0) is 18.6 Å². The minimum Gasteiger partial charge on any atom is -0.315 e. The van der Waals surface area contributed by atoms with Gasteiger partial charge in [-0.1, -0.05) is 6.92 Å². The van der Waals surface area contributed by atoms with E-state index in [9.17, 15) is 4.79 Å². The number of hydrogen-bond acceptors (Lipinski definition) is 2. The topological polar surface area (TPSA) is 23.3 Å². The van der Waals surface area contributed by atoms with Crippen LogP contribution in [0.5, 0.6) is 0 Å². The lowest BCUT2D eigenvalue weighted by molar-refractivity contribution is -0.220. The summed E-state index contributed by atoms with van der Waals surface area (Å²) in [6, 6.07) is 5.75. The zero-order chi connectivity index (χ0) is 12.3. The van der Waals surface area contributed by atoms with Crippen LogP contribution >= 0.6 is 12.8 Å². The molecule has 0 aliphatic carbocycles. The average Bonchev–Trinajstić information content (AvgIpc) is 2.26. The number of carbonyl (C=O) groups excluding carboxylic acids is 1. The summed E-state index contributed by atoms with van der Waals surface area (Å²) in [6.45, 7) is 7.52. The third-order valence-electron chi connectivity index (χ3n) is 2.52. The third-order valence-corrected chi connectivity index (χ3v) is 2.75. The number of rotatable bonds is 3. The first kappa shape index (κ1) is 12.8. The van der Waals surface area contributed by atoms with Crippen molar-refractivity contribution in [1.82, 2.24) is 0 Å². The van der Waals surface area contributed by atoms with Crippen LogP contribution in [0.3, 0.4) is 0 Å². The molecule has 0 bridgehead atoms. The van der Waals surface area contributed by atoms with Crippen LogP contribution in [0.1, 0.15) is 18.9 Å². The largest absolute Gasteiger partial charge is 0.315 e. The van der Waals surface area contributed by atoms with E-state index < -0.39 is 0 Å². The zero-order valence-electron chi connectivity index (χ0n) is 9.90. The first-order valence-corrected chi connectivity index (χ1v) is 5.54. The molecule has 0 N–H and O–H groups in total. The van der Waals surface area contributed by atoms with E-state index in [0.29, 0.717) is 6.42 Å². The van der Waals surface area contributed by atoms with Crippen LogP contribution in [-0.2, 0) is 4.79 Å². The number of amides is 1. The summed E-state index contributed by atoms with van der Waals surface area (Å²) < 4.78 is 1.50. The van der Waals surface area contributed by atoms with E-state index in [0.717, 1.165) is 16.9 Å². The Morgan fingerprint density at radius 3 is 2.62 bits per heavy atom. The van der Waals surface area contributed by atoms with E-state index in [1.54, 1.807) is 11.9 Å². The molecule has 1 rings (SSSR count). The van der Waals surface area contributed by atoms with Gasteiger partial charge in [0.1, 0.15) is 19.5 Å². The van der Waals surface area contributed by atoms with Crippen LogP contribution in [0, 0.1) is 6.92 Å². The summed E-state index contributed by atoms with van der Waals surface area (Å²) in [5.74, 6) is 0.105. The fraction of sp³-hybridized carbons (Fsp3) is 0.333. The highest BCUT2D eigenvalue weighted by Gasteiger charge is 2.13. The van der Waals surface area contributed by atoms with E-state index >= 15 is 0 Å². The van der Waals surface area contributed by atoms with Gasteiger partial charge in [-0.2, -0.15) is 0 Å². The molecular formula is C12H17N2OS+. The number of hydrogen-bond donors (Lipinski definition) is 1. The van der Waals surface area contributed by atoms with Gasteiger partial charge in [-0.3, -0.25) is 4.79 Å². The van der Waals surface area contributed by atoms with Crippen molar-refractivity contribution in [1.29, 1.82) is 0 Å². The summed E-state index contributed by atoms with van der Waals surface area (Å²) in [4.78, 5) is 13.2.